The molecule has 0 saturated heterocycles. The van der Waals surface area contributed by atoms with Crippen LogP contribution in [0.3, 0.4) is 0 Å². The molecule has 0 aromatic heterocycles. The Hall–Kier alpha value is -0.0900. The van der Waals surface area contributed by atoms with Crippen LogP contribution in [-0.4, -0.2) is 18.7 Å². The highest BCUT2D eigenvalue weighted by Crippen LogP contribution is 2.68. The van der Waals surface area contributed by atoms with E-state index in [9.17, 15) is 8.42 Å². The molecule has 0 heterocycles. The van der Waals surface area contributed by atoms with Crippen molar-refractivity contribution in [2.75, 3.05) is 5.75 Å². The fraction of sp³-hybridized carbons (Fsp3) is 1.00. The maximum atomic E-state index is 11.2. The van der Waals surface area contributed by atoms with Crippen LogP contribution in [0, 0.1) is 22.7 Å². The van der Waals surface area contributed by atoms with E-state index in [0.717, 1.165) is 19.3 Å². The lowest BCUT2D eigenvalue weighted by Gasteiger charge is -2.40. The third kappa shape index (κ3) is 1.45. The van der Waals surface area contributed by atoms with Crippen molar-refractivity contribution in [1.29, 1.82) is 0 Å². The van der Waals surface area contributed by atoms with E-state index in [0.29, 0.717) is 11.8 Å². The molecule has 3 nitrogen and oxygen atoms in total. The Morgan fingerprint density at radius 2 is 2.00 bits per heavy atom. The molecule has 0 radical (unpaired) electrons. The Balaban J connectivity index is 2.40. The Kier molecular flexibility index (Phi) is 2.26. The fourth-order valence-corrected chi connectivity index (χ4v) is 5.65. The number of hydrogen-bond acceptors (Lipinski definition) is 2. The molecular weight excluding hydrogens is 212 g/mol. The molecule has 2 aliphatic rings. The van der Waals surface area contributed by atoms with Gasteiger partial charge in [-0.1, -0.05) is 20.8 Å². The van der Waals surface area contributed by atoms with E-state index in [-0.39, 0.29) is 16.6 Å². The van der Waals surface area contributed by atoms with Gasteiger partial charge in [-0.2, -0.15) is 8.42 Å². The van der Waals surface area contributed by atoms with Crippen molar-refractivity contribution in [3.63, 3.8) is 0 Å². The standard InChI is InChI=1S/C11H20O3S/c1-8-6-9-4-5-11(8,10(9,2)3)7-15(12,13)14/h8-9H,4-7H2,1-3H3,(H,12,13,14). The molecule has 0 spiro atoms. The van der Waals surface area contributed by atoms with Gasteiger partial charge < -0.3 is 0 Å². The third-order valence-electron chi connectivity index (χ3n) is 5.26. The number of rotatable bonds is 2. The van der Waals surface area contributed by atoms with Crippen molar-refractivity contribution in [3.8, 4) is 0 Å². The second-order valence-electron chi connectivity index (χ2n) is 5.98. The first-order chi connectivity index (χ1) is 6.69. The van der Waals surface area contributed by atoms with Gasteiger partial charge in [0.15, 0.2) is 0 Å². The second kappa shape index (κ2) is 2.98. The van der Waals surface area contributed by atoms with E-state index >= 15 is 0 Å². The molecule has 2 bridgehead atoms. The van der Waals surface area contributed by atoms with Gasteiger partial charge >= 0.3 is 0 Å². The first-order valence-corrected chi connectivity index (χ1v) is 7.25. The summed E-state index contributed by atoms with van der Waals surface area (Å²) in [7, 11) is -3.86. The molecule has 15 heavy (non-hydrogen) atoms. The summed E-state index contributed by atoms with van der Waals surface area (Å²) >= 11 is 0. The van der Waals surface area contributed by atoms with E-state index in [4.69, 9.17) is 4.55 Å². The smallest absolute Gasteiger partial charge is 0.265 e. The predicted octanol–water partition coefficient (Wildman–Crippen LogP) is 2.34. The summed E-state index contributed by atoms with van der Waals surface area (Å²) < 4.78 is 31.4. The molecule has 2 rings (SSSR count). The van der Waals surface area contributed by atoms with Gasteiger partial charge in [0.25, 0.3) is 10.1 Å². The molecule has 0 aromatic rings. The molecule has 2 fully saturated rings. The second-order valence-corrected chi connectivity index (χ2v) is 7.43. The normalized spacial score (nSPS) is 43.5. The summed E-state index contributed by atoms with van der Waals surface area (Å²) in [5, 5.41) is 0. The maximum absolute atomic E-state index is 11.2. The molecule has 3 unspecified atom stereocenters. The van der Waals surface area contributed by atoms with E-state index in [2.05, 4.69) is 20.8 Å². The van der Waals surface area contributed by atoms with Crippen LogP contribution in [0.4, 0.5) is 0 Å². The first kappa shape index (κ1) is 11.4. The minimum Gasteiger partial charge on any atom is -0.286 e. The molecule has 2 aliphatic carbocycles. The van der Waals surface area contributed by atoms with Crippen molar-refractivity contribution in [3.05, 3.63) is 0 Å². The van der Waals surface area contributed by atoms with Gasteiger partial charge in [-0.15, -0.1) is 0 Å². The lowest BCUT2D eigenvalue weighted by atomic mass is 9.67. The molecule has 3 atom stereocenters. The summed E-state index contributed by atoms with van der Waals surface area (Å²) in [4.78, 5) is 0. The average molecular weight is 232 g/mol. The Morgan fingerprint density at radius 1 is 1.40 bits per heavy atom. The largest absolute Gasteiger partial charge is 0.286 e. The quantitative estimate of drug-likeness (QED) is 0.743. The van der Waals surface area contributed by atoms with Gasteiger partial charge in [0.2, 0.25) is 0 Å². The van der Waals surface area contributed by atoms with Crippen LogP contribution in [-0.2, 0) is 10.1 Å². The zero-order valence-corrected chi connectivity index (χ0v) is 10.5. The first-order valence-electron chi connectivity index (χ1n) is 5.64. The molecule has 1 N–H and O–H groups in total. The highest BCUT2D eigenvalue weighted by atomic mass is 32.2. The lowest BCUT2D eigenvalue weighted by Crippen LogP contribution is -2.40. The maximum Gasteiger partial charge on any atom is 0.265 e. The van der Waals surface area contributed by atoms with Crippen molar-refractivity contribution in [2.24, 2.45) is 22.7 Å². The summed E-state index contributed by atoms with van der Waals surface area (Å²) in [5.41, 5.74) is -0.131. The molecular formula is C11H20O3S. The van der Waals surface area contributed by atoms with Gasteiger partial charge in [-0.25, -0.2) is 0 Å². The van der Waals surface area contributed by atoms with Gasteiger partial charge in [0.05, 0.1) is 5.75 Å². The van der Waals surface area contributed by atoms with Crippen molar-refractivity contribution < 1.29 is 13.0 Å². The minimum atomic E-state index is -3.86. The molecule has 4 heteroatoms. The van der Waals surface area contributed by atoms with E-state index < -0.39 is 10.1 Å². The van der Waals surface area contributed by atoms with E-state index in [1.54, 1.807) is 0 Å². The van der Waals surface area contributed by atoms with Crippen LogP contribution in [0.15, 0.2) is 0 Å². The van der Waals surface area contributed by atoms with Gasteiger partial charge in [-0.3, -0.25) is 4.55 Å². The average Bonchev–Trinajstić information content (AvgIpc) is 2.34. The highest BCUT2D eigenvalue weighted by molar-refractivity contribution is 7.85. The van der Waals surface area contributed by atoms with E-state index in [1.165, 1.54) is 0 Å². The van der Waals surface area contributed by atoms with Crippen LogP contribution >= 0.6 is 0 Å². The van der Waals surface area contributed by atoms with Crippen molar-refractivity contribution in [2.45, 2.75) is 40.0 Å². The fourth-order valence-electron chi connectivity index (χ4n) is 4.19. The van der Waals surface area contributed by atoms with Crippen LogP contribution in [0.2, 0.25) is 0 Å². The van der Waals surface area contributed by atoms with Crippen LogP contribution in [0.1, 0.15) is 40.0 Å². The highest BCUT2D eigenvalue weighted by Gasteiger charge is 2.63. The summed E-state index contributed by atoms with van der Waals surface area (Å²) in [6.07, 6.45) is 3.18. The van der Waals surface area contributed by atoms with Gasteiger partial charge in [-0.05, 0) is 41.9 Å². The zero-order chi connectivity index (χ0) is 11.5. The van der Waals surface area contributed by atoms with Crippen LogP contribution in [0.25, 0.3) is 0 Å². The van der Waals surface area contributed by atoms with Gasteiger partial charge in [0.1, 0.15) is 0 Å². The lowest BCUT2D eigenvalue weighted by molar-refractivity contribution is 0.113. The van der Waals surface area contributed by atoms with Crippen molar-refractivity contribution in [1.82, 2.24) is 0 Å². The van der Waals surface area contributed by atoms with Crippen LogP contribution < -0.4 is 0 Å². The summed E-state index contributed by atoms with van der Waals surface area (Å²) in [6.45, 7) is 6.46. The zero-order valence-electron chi connectivity index (χ0n) is 9.66. The minimum absolute atomic E-state index is 0.0509. The SMILES string of the molecule is CC1CC2CCC1(CS(=O)(=O)O)C2(C)C. The molecule has 88 valence electrons. The molecule has 0 aliphatic heterocycles. The van der Waals surface area contributed by atoms with Gasteiger partial charge in [0, 0.05) is 0 Å². The topological polar surface area (TPSA) is 54.4 Å². The molecule has 0 amide bonds. The summed E-state index contributed by atoms with van der Waals surface area (Å²) in [5.74, 6) is 0.993. The molecule has 0 aromatic carbocycles. The van der Waals surface area contributed by atoms with Crippen molar-refractivity contribution >= 4 is 10.1 Å². The third-order valence-corrected chi connectivity index (χ3v) is 6.14. The monoisotopic (exact) mass is 232 g/mol. The Bertz CT molecular complexity index is 371. The molecule has 2 saturated carbocycles. The van der Waals surface area contributed by atoms with E-state index in [1.807, 2.05) is 0 Å². The Morgan fingerprint density at radius 3 is 2.33 bits per heavy atom. The number of hydrogen-bond donors (Lipinski definition) is 1. The number of fused-ring (bicyclic) bond motifs is 2. The van der Waals surface area contributed by atoms with Crippen LogP contribution in [0.5, 0.6) is 0 Å². The Labute approximate surface area is 92.0 Å². The predicted molar refractivity (Wildman–Crippen MR) is 59.1 cm³/mol. The summed E-state index contributed by atoms with van der Waals surface area (Å²) in [6, 6.07) is 0.